The summed E-state index contributed by atoms with van der Waals surface area (Å²) in [4.78, 5) is 0. The van der Waals surface area contributed by atoms with Crippen molar-refractivity contribution in [3.05, 3.63) is 0 Å². The second-order valence-electron chi connectivity index (χ2n) is 0.661. The quantitative estimate of drug-likeness (QED) is 0.760. The number of halogens is 3. The molecule has 0 aromatic heterocycles. The maximum absolute atomic E-state index is 7.62. The molecular weight excluding hydrogens is 302 g/mol. The van der Waals surface area contributed by atoms with E-state index in [1.165, 1.54) is 0 Å². The minimum absolute atomic E-state index is 0.125. The van der Waals surface area contributed by atoms with Gasteiger partial charge in [0.15, 0.2) is 0 Å². The summed E-state index contributed by atoms with van der Waals surface area (Å²) in [6, 6.07) is 0. The molecule has 0 aliphatic heterocycles. The maximum atomic E-state index is 7.62. The summed E-state index contributed by atoms with van der Waals surface area (Å²) >= 11 is -2.24. The summed E-state index contributed by atoms with van der Waals surface area (Å²) in [6.07, 6.45) is 0. The first-order valence-corrected chi connectivity index (χ1v) is 13.5. The third kappa shape index (κ3) is 41.8. The molecule has 0 aromatic rings. The molecule has 2 N–H and O–H groups in total. The van der Waals surface area contributed by atoms with Crippen LogP contribution in [-0.4, -0.2) is 23.4 Å². The minimum atomic E-state index is -2.24. The molecule has 2 nitrogen and oxygen atoms in total. The van der Waals surface area contributed by atoms with Gasteiger partial charge >= 0.3 is 47.6 Å². The van der Waals surface area contributed by atoms with Crippen molar-refractivity contribution in [2.24, 2.45) is 0 Å². The van der Waals surface area contributed by atoms with Crippen molar-refractivity contribution in [1.29, 1.82) is 0 Å². The van der Waals surface area contributed by atoms with Gasteiger partial charge in [0, 0.05) is 0 Å². The zero-order chi connectivity index (χ0) is 6.99. The van der Waals surface area contributed by atoms with Crippen LogP contribution in [0.2, 0.25) is 0 Å². The molecule has 51 valence electrons. The Bertz CT molecular complexity index is 31.7. The van der Waals surface area contributed by atoms with E-state index in [0.29, 0.717) is 0 Å². The molecule has 0 saturated heterocycles. The van der Waals surface area contributed by atoms with Crippen molar-refractivity contribution in [1.82, 2.24) is 0 Å². The molecule has 0 heterocycles. The van der Waals surface area contributed by atoms with Crippen LogP contribution in [0.3, 0.4) is 0 Å². The predicted octanol–water partition coefficient (Wildman–Crippen LogP) is 1.04. The van der Waals surface area contributed by atoms with Gasteiger partial charge in [-0.05, 0) is 0 Å². The van der Waals surface area contributed by atoms with E-state index in [1.54, 1.807) is 0 Å². The van der Waals surface area contributed by atoms with Gasteiger partial charge in [-0.15, -0.1) is 0 Å². The Hall–Kier alpha value is 2.17. The molecule has 0 radical (unpaired) electrons. The summed E-state index contributed by atoms with van der Waals surface area (Å²) in [5, 5.41) is 15.2. The molecule has 0 aliphatic rings. The van der Waals surface area contributed by atoms with Crippen molar-refractivity contribution >= 4 is 16.9 Å². The van der Waals surface area contributed by atoms with Crippen molar-refractivity contribution in [2.75, 3.05) is 13.2 Å². The van der Waals surface area contributed by atoms with E-state index in [4.69, 9.17) is 27.1 Å². The van der Waals surface area contributed by atoms with Crippen LogP contribution in [0.25, 0.3) is 0 Å². The monoisotopic (exact) mass is 307 g/mol. The van der Waals surface area contributed by atoms with Gasteiger partial charge in [-0.1, -0.05) is 0 Å². The fourth-order valence-electron chi connectivity index (χ4n) is 0. The predicted molar refractivity (Wildman–Crippen MR) is 31.7 cm³/mol. The molecule has 0 spiro atoms. The molecular formula is C2H6CeCl3O2. The summed E-state index contributed by atoms with van der Waals surface area (Å²) in [5.41, 5.74) is 15.1. The number of rotatable bonds is 1. The van der Waals surface area contributed by atoms with Gasteiger partial charge in [0.05, 0.1) is 13.2 Å². The average molecular weight is 309 g/mol. The number of hydrogen-bond acceptors (Lipinski definition) is 2. The summed E-state index contributed by atoms with van der Waals surface area (Å²) < 4.78 is 0. The second kappa shape index (κ2) is 11.9. The summed E-state index contributed by atoms with van der Waals surface area (Å²) in [7, 11) is 0. The molecule has 8 heavy (non-hydrogen) atoms. The first-order valence-electron chi connectivity index (χ1n) is 1.70. The van der Waals surface area contributed by atoms with E-state index in [1.807, 2.05) is 0 Å². The molecule has 0 rings (SSSR count). The Morgan fingerprint density at radius 3 is 1.12 bits per heavy atom. The fraction of sp³-hybridized carbons (Fsp3) is 1.00. The molecule has 0 aromatic carbocycles. The van der Waals surface area contributed by atoms with Crippen LogP contribution >= 0.6 is 16.9 Å². The molecule has 0 saturated carbocycles. The van der Waals surface area contributed by atoms with Crippen molar-refractivity contribution in [3.8, 4) is 0 Å². The van der Waals surface area contributed by atoms with E-state index in [0.717, 1.165) is 0 Å². The van der Waals surface area contributed by atoms with Gasteiger partial charge in [-0.3, -0.25) is 0 Å². The zero-order valence-electron chi connectivity index (χ0n) is 3.94. The Kier molecular flexibility index (Phi) is 19.1. The van der Waals surface area contributed by atoms with E-state index in [2.05, 4.69) is 0 Å². The van der Waals surface area contributed by atoms with Crippen LogP contribution in [0.4, 0.5) is 0 Å². The van der Waals surface area contributed by atoms with Crippen molar-refractivity contribution in [3.63, 3.8) is 0 Å². The molecule has 0 aliphatic carbocycles. The van der Waals surface area contributed by atoms with Gasteiger partial charge in [-0.2, -0.15) is 0 Å². The Morgan fingerprint density at radius 2 is 1.12 bits per heavy atom. The second-order valence-corrected chi connectivity index (χ2v) is 14.5. The Balaban J connectivity index is 0. The van der Waals surface area contributed by atoms with E-state index >= 15 is 0 Å². The van der Waals surface area contributed by atoms with Crippen LogP contribution in [0.15, 0.2) is 0 Å². The normalized spacial score (nSPS) is 7.12. The third-order valence-corrected chi connectivity index (χ3v) is 0.1000. The Labute approximate surface area is 69.6 Å². The van der Waals surface area contributed by atoms with Crippen LogP contribution in [0.1, 0.15) is 0 Å². The van der Waals surface area contributed by atoms with Crippen LogP contribution in [0.5, 0.6) is 0 Å². The molecule has 0 fully saturated rings. The van der Waals surface area contributed by atoms with Crippen LogP contribution in [0, 0.1) is 30.7 Å². The van der Waals surface area contributed by atoms with E-state index < -0.39 is 30.7 Å². The molecule has 0 atom stereocenters. The molecule has 0 unspecified atom stereocenters. The summed E-state index contributed by atoms with van der Waals surface area (Å²) in [5.74, 6) is 0. The van der Waals surface area contributed by atoms with Gasteiger partial charge in [0.2, 0.25) is 0 Å². The standard InChI is InChI=1S/C2H6O2.Ce.3ClH/c3-1-2-4;;;;/h3-4H,1-2H2;;3*1H/q;+3;;;/p-3. The zero-order valence-corrected chi connectivity index (χ0v) is 9.35. The number of aliphatic hydroxyl groups is 2. The van der Waals surface area contributed by atoms with Crippen molar-refractivity contribution < 1.29 is 40.9 Å². The SMILES string of the molecule is OCCO.[Cl][Ce]([Cl])[Cl]. The summed E-state index contributed by atoms with van der Waals surface area (Å²) in [6.45, 7) is -0.250. The number of hydrogen-bond donors (Lipinski definition) is 2. The molecule has 0 amide bonds. The number of aliphatic hydroxyl groups excluding tert-OH is 2. The fourth-order valence-corrected chi connectivity index (χ4v) is 0. The average Bonchev–Trinajstić information content (AvgIpc) is 1.65. The van der Waals surface area contributed by atoms with Crippen LogP contribution in [-0.2, 0) is 0 Å². The van der Waals surface area contributed by atoms with Gasteiger partial charge in [0.1, 0.15) is 0 Å². The Morgan fingerprint density at radius 1 is 1.00 bits per heavy atom. The van der Waals surface area contributed by atoms with Crippen molar-refractivity contribution in [2.45, 2.75) is 0 Å². The van der Waals surface area contributed by atoms with Gasteiger partial charge in [0.25, 0.3) is 0 Å². The van der Waals surface area contributed by atoms with Gasteiger partial charge in [-0.25, -0.2) is 0 Å². The van der Waals surface area contributed by atoms with E-state index in [9.17, 15) is 0 Å². The van der Waals surface area contributed by atoms with E-state index in [-0.39, 0.29) is 13.2 Å². The topological polar surface area (TPSA) is 40.5 Å². The van der Waals surface area contributed by atoms with Gasteiger partial charge < -0.3 is 10.2 Å². The first kappa shape index (κ1) is 12.8. The van der Waals surface area contributed by atoms with Crippen LogP contribution < -0.4 is 0 Å². The first-order chi connectivity index (χ1) is 3.65. The molecule has 6 heteroatoms. The third-order valence-electron chi connectivity index (χ3n) is 0.1000. The molecule has 0 bridgehead atoms.